The molecule has 0 spiro atoms. The van der Waals surface area contributed by atoms with Gasteiger partial charge >= 0.3 is 0 Å². The molecule has 1 amide bonds. The van der Waals surface area contributed by atoms with Crippen molar-refractivity contribution in [3.05, 3.63) is 29.8 Å². The molecule has 5 heteroatoms. The molecule has 15 heavy (non-hydrogen) atoms. The molecule has 1 aromatic rings. The van der Waals surface area contributed by atoms with E-state index in [4.69, 9.17) is 5.73 Å². The molecule has 0 aromatic heterocycles. The number of benzene rings is 1. The molecule has 0 radical (unpaired) electrons. The van der Waals surface area contributed by atoms with Crippen molar-refractivity contribution in [3.63, 3.8) is 0 Å². The Balaban J connectivity index is 2.30. The third-order valence-corrected chi connectivity index (χ3v) is 2.37. The number of halogens is 2. The number of carbonyl (C=O) groups excluding carboxylic acids is 1. The van der Waals surface area contributed by atoms with Crippen molar-refractivity contribution in [1.29, 1.82) is 0 Å². The highest BCUT2D eigenvalue weighted by atomic mass is 19.2. The highest BCUT2D eigenvalue weighted by molar-refractivity contribution is 5.96. The fourth-order valence-corrected chi connectivity index (χ4v) is 1.64. The van der Waals surface area contributed by atoms with Crippen LogP contribution in [0.2, 0.25) is 0 Å². The average molecular weight is 212 g/mol. The molecule has 3 nitrogen and oxygen atoms in total. The molecule has 1 aliphatic heterocycles. The van der Waals surface area contributed by atoms with Crippen LogP contribution in [-0.4, -0.2) is 18.5 Å². The first-order chi connectivity index (χ1) is 7.08. The third kappa shape index (κ3) is 1.83. The Bertz CT molecular complexity index is 408. The van der Waals surface area contributed by atoms with E-state index < -0.39 is 11.6 Å². The number of rotatable bonds is 1. The summed E-state index contributed by atoms with van der Waals surface area (Å²) < 4.78 is 25.6. The minimum Gasteiger partial charge on any atom is -0.326 e. The summed E-state index contributed by atoms with van der Waals surface area (Å²) in [5.74, 6) is -2.04. The Morgan fingerprint density at radius 1 is 1.33 bits per heavy atom. The lowest BCUT2D eigenvalue weighted by Crippen LogP contribution is -2.28. The lowest BCUT2D eigenvalue weighted by molar-refractivity contribution is -0.117. The Labute approximate surface area is 85.5 Å². The number of amides is 1. The summed E-state index contributed by atoms with van der Waals surface area (Å²) >= 11 is 0. The number of nitrogens with zero attached hydrogens (tertiary/aromatic N) is 1. The van der Waals surface area contributed by atoms with E-state index in [-0.39, 0.29) is 18.4 Å². The van der Waals surface area contributed by atoms with Gasteiger partial charge in [0, 0.05) is 30.8 Å². The molecule has 1 aliphatic rings. The standard InChI is InChI=1S/C10H10F2N2O/c11-8-2-1-7(4-9(8)12)14-5-6(13)3-10(14)15/h1-2,4,6H,3,5,13H2. The van der Waals surface area contributed by atoms with Gasteiger partial charge in [0.1, 0.15) is 0 Å². The van der Waals surface area contributed by atoms with Crippen molar-refractivity contribution in [1.82, 2.24) is 0 Å². The van der Waals surface area contributed by atoms with E-state index in [1.165, 1.54) is 11.0 Å². The number of nitrogens with two attached hydrogens (primary N) is 1. The second kappa shape index (κ2) is 3.58. The minimum atomic E-state index is -0.958. The number of hydrogen-bond acceptors (Lipinski definition) is 2. The first kappa shape index (κ1) is 10.0. The van der Waals surface area contributed by atoms with Gasteiger partial charge in [0.2, 0.25) is 5.91 Å². The van der Waals surface area contributed by atoms with Crippen molar-refractivity contribution in [2.24, 2.45) is 5.73 Å². The van der Waals surface area contributed by atoms with E-state index in [0.717, 1.165) is 12.1 Å². The van der Waals surface area contributed by atoms with Crippen molar-refractivity contribution in [2.45, 2.75) is 12.5 Å². The van der Waals surface area contributed by atoms with Crippen LogP contribution in [0.3, 0.4) is 0 Å². The predicted octanol–water partition coefficient (Wildman–Crippen LogP) is 1.03. The van der Waals surface area contributed by atoms with E-state index in [1.54, 1.807) is 0 Å². The normalized spacial score (nSPS) is 21.1. The molecule has 0 bridgehead atoms. The van der Waals surface area contributed by atoms with Gasteiger partial charge in [0.05, 0.1) is 0 Å². The SMILES string of the molecule is NC1CC(=O)N(c2ccc(F)c(F)c2)C1. The fraction of sp³-hybridized carbons (Fsp3) is 0.300. The van der Waals surface area contributed by atoms with Gasteiger partial charge in [-0.3, -0.25) is 4.79 Å². The second-order valence-electron chi connectivity index (χ2n) is 3.57. The lowest BCUT2D eigenvalue weighted by Gasteiger charge is -2.15. The van der Waals surface area contributed by atoms with E-state index in [0.29, 0.717) is 12.2 Å². The number of carbonyl (C=O) groups is 1. The van der Waals surface area contributed by atoms with Gasteiger partial charge < -0.3 is 10.6 Å². The van der Waals surface area contributed by atoms with Crippen LogP contribution in [0.5, 0.6) is 0 Å². The predicted molar refractivity (Wildman–Crippen MR) is 51.3 cm³/mol. The molecule has 1 fully saturated rings. The fourth-order valence-electron chi connectivity index (χ4n) is 1.64. The summed E-state index contributed by atoms with van der Waals surface area (Å²) in [6, 6.07) is 3.15. The highest BCUT2D eigenvalue weighted by Crippen LogP contribution is 2.22. The highest BCUT2D eigenvalue weighted by Gasteiger charge is 2.28. The Hall–Kier alpha value is -1.49. The van der Waals surface area contributed by atoms with Gasteiger partial charge in [0.15, 0.2) is 11.6 Å². The van der Waals surface area contributed by atoms with Gasteiger partial charge in [-0.05, 0) is 12.1 Å². The summed E-state index contributed by atoms with van der Waals surface area (Å²) in [5, 5.41) is 0. The van der Waals surface area contributed by atoms with Crippen LogP contribution in [0.1, 0.15) is 6.42 Å². The molecule has 1 saturated heterocycles. The Kier molecular flexibility index (Phi) is 2.40. The van der Waals surface area contributed by atoms with Crippen LogP contribution >= 0.6 is 0 Å². The first-order valence-electron chi connectivity index (χ1n) is 4.59. The zero-order valence-electron chi connectivity index (χ0n) is 7.91. The Morgan fingerprint density at radius 3 is 2.60 bits per heavy atom. The van der Waals surface area contributed by atoms with Gasteiger partial charge in [-0.1, -0.05) is 0 Å². The topological polar surface area (TPSA) is 46.3 Å². The minimum absolute atomic E-state index is 0.159. The molecular weight excluding hydrogens is 202 g/mol. The molecular formula is C10H10F2N2O. The van der Waals surface area contributed by atoms with Gasteiger partial charge in [-0.15, -0.1) is 0 Å². The molecule has 1 unspecified atom stereocenters. The first-order valence-corrected chi connectivity index (χ1v) is 4.59. The van der Waals surface area contributed by atoms with Crippen LogP contribution in [0, 0.1) is 11.6 Å². The summed E-state index contributed by atoms with van der Waals surface area (Å²) in [6.45, 7) is 0.351. The molecule has 1 heterocycles. The lowest BCUT2D eigenvalue weighted by atomic mass is 10.3. The van der Waals surface area contributed by atoms with Crippen molar-refractivity contribution in [3.8, 4) is 0 Å². The summed E-state index contributed by atoms with van der Waals surface area (Å²) in [4.78, 5) is 12.8. The Morgan fingerprint density at radius 2 is 2.07 bits per heavy atom. The molecule has 0 aliphatic carbocycles. The van der Waals surface area contributed by atoms with Crippen LogP contribution in [0.4, 0.5) is 14.5 Å². The summed E-state index contributed by atoms with van der Waals surface area (Å²) in [5.41, 5.74) is 5.94. The molecule has 1 atom stereocenters. The van der Waals surface area contributed by atoms with E-state index in [2.05, 4.69) is 0 Å². The summed E-state index contributed by atoms with van der Waals surface area (Å²) in [6.07, 6.45) is 0.249. The van der Waals surface area contributed by atoms with E-state index in [9.17, 15) is 13.6 Å². The monoisotopic (exact) mass is 212 g/mol. The maximum absolute atomic E-state index is 12.9. The number of anilines is 1. The maximum Gasteiger partial charge on any atom is 0.228 e. The maximum atomic E-state index is 12.9. The quantitative estimate of drug-likeness (QED) is 0.755. The van der Waals surface area contributed by atoms with Crippen LogP contribution in [0.25, 0.3) is 0 Å². The second-order valence-corrected chi connectivity index (χ2v) is 3.57. The van der Waals surface area contributed by atoms with Crippen LogP contribution < -0.4 is 10.6 Å². The molecule has 1 aromatic carbocycles. The zero-order valence-corrected chi connectivity index (χ0v) is 7.91. The van der Waals surface area contributed by atoms with Crippen LogP contribution in [0.15, 0.2) is 18.2 Å². The van der Waals surface area contributed by atoms with Crippen molar-refractivity contribution in [2.75, 3.05) is 11.4 Å². The average Bonchev–Trinajstić information content (AvgIpc) is 2.50. The molecule has 80 valence electrons. The van der Waals surface area contributed by atoms with Crippen molar-refractivity contribution >= 4 is 11.6 Å². The largest absolute Gasteiger partial charge is 0.326 e. The van der Waals surface area contributed by atoms with Crippen LogP contribution in [-0.2, 0) is 4.79 Å². The third-order valence-electron chi connectivity index (χ3n) is 2.37. The smallest absolute Gasteiger partial charge is 0.228 e. The van der Waals surface area contributed by atoms with Crippen molar-refractivity contribution < 1.29 is 13.6 Å². The molecule has 2 rings (SSSR count). The van der Waals surface area contributed by atoms with Gasteiger partial charge in [-0.2, -0.15) is 0 Å². The zero-order chi connectivity index (χ0) is 11.0. The van der Waals surface area contributed by atoms with E-state index in [1.807, 2.05) is 0 Å². The van der Waals surface area contributed by atoms with Gasteiger partial charge in [-0.25, -0.2) is 8.78 Å². The van der Waals surface area contributed by atoms with Gasteiger partial charge in [0.25, 0.3) is 0 Å². The van der Waals surface area contributed by atoms with E-state index >= 15 is 0 Å². The number of hydrogen-bond donors (Lipinski definition) is 1. The molecule has 2 N–H and O–H groups in total. The molecule has 0 saturated carbocycles. The summed E-state index contributed by atoms with van der Waals surface area (Å²) in [7, 11) is 0.